The number of hydrogen-bond donors (Lipinski definition) is 3. The van der Waals surface area contributed by atoms with Crippen LogP contribution in [0.4, 0.5) is 10.8 Å². The Balaban J connectivity index is 1.52. The largest absolute Gasteiger partial charge is 0.328 e. The van der Waals surface area contributed by atoms with Crippen LogP contribution in [0, 0.1) is 13.8 Å². The monoisotopic (exact) mass is 396 g/mol. The Morgan fingerprint density at radius 2 is 1.93 bits per heavy atom. The predicted octanol–water partition coefficient (Wildman–Crippen LogP) is 3.27. The van der Waals surface area contributed by atoms with Crippen LogP contribution in [0.1, 0.15) is 33.6 Å². The number of benzene rings is 1. The average molecular weight is 396 g/mol. The number of aromatic nitrogens is 2. The molecule has 0 saturated carbocycles. The molecule has 144 valence electrons. The number of rotatable bonds is 6. The fourth-order valence-electron chi connectivity index (χ4n) is 2.48. The van der Waals surface area contributed by atoms with Crippen molar-refractivity contribution in [1.82, 2.24) is 9.97 Å². The number of pyridine rings is 1. The van der Waals surface area contributed by atoms with Gasteiger partial charge in [-0.15, -0.1) is 11.3 Å². The molecule has 3 aromatic rings. The number of nitrogens with one attached hydrogen (secondary N) is 3. The summed E-state index contributed by atoms with van der Waals surface area (Å²) in [6, 6.07) is 8.53. The molecule has 0 aliphatic carbocycles. The number of carbonyl (C=O) groups excluding carboxylic acids is 2. The van der Waals surface area contributed by atoms with Crippen LogP contribution in [0.3, 0.4) is 0 Å². The third kappa shape index (κ3) is 5.14. The van der Waals surface area contributed by atoms with Crippen LogP contribution in [0.15, 0.2) is 46.7 Å². The zero-order valence-corrected chi connectivity index (χ0v) is 16.4. The van der Waals surface area contributed by atoms with Crippen molar-refractivity contribution in [2.45, 2.75) is 26.7 Å². The number of H-pyrrole nitrogens is 1. The lowest BCUT2D eigenvalue weighted by Crippen LogP contribution is -2.14. The van der Waals surface area contributed by atoms with Gasteiger partial charge in [0.2, 0.25) is 11.5 Å². The molecule has 7 nitrogen and oxygen atoms in total. The Kier molecular flexibility index (Phi) is 6.00. The first-order valence-electron chi connectivity index (χ1n) is 8.72. The normalized spacial score (nSPS) is 10.5. The number of thiazole rings is 1. The van der Waals surface area contributed by atoms with Gasteiger partial charge in [-0.2, -0.15) is 0 Å². The Bertz CT molecular complexity index is 1050. The maximum absolute atomic E-state index is 12.1. The molecular formula is C20H20N4O3S. The van der Waals surface area contributed by atoms with Gasteiger partial charge >= 0.3 is 0 Å². The highest BCUT2D eigenvalue weighted by atomic mass is 32.1. The summed E-state index contributed by atoms with van der Waals surface area (Å²) in [7, 11) is 0. The number of nitrogens with zero attached hydrogens (tertiary/aromatic N) is 1. The van der Waals surface area contributed by atoms with Gasteiger partial charge in [-0.1, -0.05) is 6.07 Å². The number of carbonyl (C=O) groups is 2. The molecule has 2 amide bonds. The van der Waals surface area contributed by atoms with Gasteiger partial charge in [0.1, 0.15) is 0 Å². The first-order chi connectivity index (χ1) is 13.4. The number of hydrogen-bond acceptors (Lipinski definition) is 5. The summed E-state index contributed by atoms with van der Waals surface area (Å²) in [6.45, 7) is 4.03. The van der Waals surface area contributed by atoms with E-state index in [1.165, 1.54) is 35.2 Å². The molecule has 2 heterocycles. The lowest BCUT2D eigenvalue weighted by molar-refractivity contribution is -0.116. The molecule has 0 aliphatic heterocycles. The molecule has 0 radical (unpaired) electrons. The Morgan fingerprint density at radius 1 is 1.11 bits per heavy atom. The van der Waals surface area contributed by atoms with Gasteiger partial charge < -0.3 is 10.3 Å². The summed E-state index contributed by atoms with van der Waals surface area (Å²) in [4.78, 5) is 42.1. The molecule has 3 rings (SSSR count). The molecule has 3 N–H and O–H groups in total. The van der Waals surface area contributed by atoms with Crippen molar-refractivity contribution in [3.8, 4) is 0 Å². The highest BCUT2D eigenvalue weighted by molar-refractivity contribution is 7.14. The first kappa shape index (κ1) is 19.5. The van der Waals surface area contributed by atoms with E-state index in [4.69, 9.17) is 0 Å². The minimum Gasteiger partial charge on any atom is -0.328 e. The fourth-order valence-corrected chi connectivity index (χ4v) is 3.22. The van der Waals surface area contributed by atoms with Crippen molar-refractivity contribution in [2.75, 3.05) is 10.6 Å². The van der Waals surface area contributed by atoms with E-state index >= 15 is 0 Å². The van der Waals surface area contributed by atoms with E-state index in [-0.39, 0.29) is 17.4 Å². The Morgan fingerprint density at radius 3 is 2.64 bits per heavy atom. The topological polar surface area (TPSA) is 104 Å². The summed E-state index contributed by atoms with van der Waals surface area (Å²) >= 11 is 1.29. The molecule has 2 aromatic heterocycles. The van der Waals surface area contributed by atoms with E-state index in [1.54, 1.807) is 0 Å². The van der Waals surface area contributed by atoms with E-state index < -0.39 is 0 Å². The second kappa shape index (κ2) is 8.62. The minimum atomic E-state index is -0.357. The lowest BCUT2D eigenvalue weighted by atomic mass is 10.1. The van der Waals surface area contributed by atoms with E-state index in [2.05, 4.69) is 20.6 Å². The van der Waals surface area contributed by atoms with Crippen LogP contribution in [-0.4, -0.2) is 21.8 Å². The van der Waals surface area contributed by atoms with Gasteiger partial charge in [0.05, 0.1) is 11.3 Å². The third-order valence-electron chi connectivity index (χ3n) is 4.22. The maximum atomic E-state index is 12.1. The van der Waals surface area contributed by atoms with Gasteiger partial charge in [-0.25, -0.2) is 4.98 Å². The average Bonchev–Trinajstić information content (AvgIpc) is 3.11. The summed E-state index contributed by atoms with van der Waals surface area (Å²) < 4.78 is 0. The predicted molar refractivity (Wildman–Crippen MR) is 110 cm³/mol. The molecule has 0 atom stereocenters. The zero-order chi connectivity index (χ0) is 20.1. The standard InChI is InChI=1S/C20H20N4O3S/c1-12-3-5-15(9-13(12)2)22-18(26)8-6-16-11-28-20(23-16)24-19(27)14-4-7-17(25)21-10-14/h3-5,7,9-11H,6,8H2,1-2H3,(H,21,25)(H,22,26)(H,23,24,27). The molecule has 0 aliphatic rings. The summed E-state index contributed by atoms with van der Waals surface area (Å²) in [5.74, 6) is -0.445. The van der Waals surface area contributed by atoms with Crippen LogP contribution in [0.5, 0.6) is 0 Å². The van der Waals surface area contributed by atoms with Crippen LogP contribution in [0.2, 0.25) is 0 Å². The summed E-state index contributed by atoms with van der Waals surface area (Å²) in [6.07, 6.45) is 2.12. The lowest BCUT2D eigenvalue weighted by Gasteiger charge is -2.07. The van der Waals surface area contributed by atoms with Crippen molar-refractivity contribution in [3.05, 3.63) is 74.6 Å². The number of aromatic amines is 1. The molecule has 8 heteroatoms. The van der Waals surface area contributed by atoms with Gasteiger partial charge in [-0.05, 0) is 49.6 Å². The second-order valence-corrected chi connectivity index (χ2v) is 7.25. The Hall–Kier alpha value is -3.26. The van der Waals surface area contributed by atoms with Crippen molar-refractivity contribution in [2.24, 2.45) is 0 Å². The molecule has 0 bridgehead atoms. The van der Waals surface area contributed by atoms with Crippen molar-refractivity contribution in [3.63, 3.8) is 0 Å². The van der Waals surface area contributed by atoms with Crippen LogP contribution in [-0.2, 0) is 11.2 Å². The van der Waals surface area contributed by atoms with Crippen molar-refractivity contribution < 1.29 is 9.59 Å². The highest BCUT2D eigenvalue weighted by Crippen LogP contribution is 2.18. The third-order valence-corrected chi connectivity index (χ3v) is 5.02. The molecular weight excluding hydrogens is 376 g/mol. The maximum Gasteiger partial charge on any atom is 0.258 e. The van der Waals surface area contributed by atoms with Gasteiger partial charge in [0.15, 0.2) is 5.13 Å². The molecule has 1 aromatic carbocycles. The number of amides is 2. The van der Waals surface area contributed by atoms with Crippen molar-refractivity contribution >= 4 is 34.0 Å². The van der Waals surface area contributed by atoms with Crippen LogP contribution in [0.25, 0.3) is 0 Å². The quantitative estimate of drug-likeness (QED) is 0.595. The summed E-state index contributed by atoms with van der Waals surface area (Å²) in [5.41, 5.74) is 3.88. The van der Waals surface area contributed by atoms with E-state index in [9.17, 15) is 14.4 Å². The summed E-state index contributed by atoms with van der Waals surface area (Å²) in [5, 5.41) is 7.82. The van der Waals surface area contributed by atoms with Gasteiger partial charge in [0, 0.05) is 29.8 Å². The Labute approximate surface area is 165 Å². The van der Waals surface area contributed by atoms with Crippen molar-refractivity contribution in [1.29, 1.82) is 0 Å². The number of anilines is 2. The zero-order valence-electron chi connectivity index (χ0n) is 15.5. The van der Waals surface area contributed by atoms with E-state index in [1.807, 2.05) is 37.4 Å². The fraction of sp³-hybridized carbons (Fsp3) is 0.200. The second-order valence-electron chi connectivity index (χ2n) is 6.39. The van der Waals surface area contributed by atoms with Gasteiger partial charge in [0.25, 0.3) is 5.91 Å². The van der Waals surface area contributed by atoms with E-state index in [0.717, 1.165) is 16.9 Å². The molecule has 0 spiro atoms. The molecule has 0 unspecified atom stereocenters. The van der Waals surface area contributed by atoms with Crippen LogP contribution >= 0.6 is 11.3 Å². The smallest absolute Gasteiger partial charge is 0.258 e. The van der Waals surface area contributed by atoms with Crippen LogP contribution < -0.4 is 16.2 Å². The SMILES string of the molecule is Cc1ccc(NC(=O)CCc2csc(NC(=O)c3ccc(=O)[nH]c3)n2)cc1C. The van der Waals surface area contributed by atoms with E-state index in [0.29, 0.717) is 23.5 Å². The molecule has 0 saturated heterocycles. The minimum absolute atomic E-state index is 0.0879. The number of aryl methyl sites for hydroxylation is 3. The van der Waals surface area contributed by atoms with Gasteiger partial charge in [-0.3, -0.25) is 19.7 Å². The molecule has 0 fully saturated rings. The first-order valence-corrected chi connectivity index (χ1v) is 9.60. The molecule has 28 heavy (non-hydrogen) atoms. The highest BCUT2D eigenvalue weighted by Gasteiger charge is 2.11.